The molecule has 1 aliphatic rings. The van der Waals surface area contributed by atoms with E-state index in [0.717, 1.165) is 0 Å². The molecule has 2 rings (SSSR count). The van der Waals surface area contributed by atoms with Gasteiger partial charge < -0.3 is 4.74 Å². The number of benzene rings is 1. The quantitative estimate of drug-likeness (QED) is 0.603. The fraction of sp³-hybridized carbons (Fsp3) is 0.462. The molecule has 0 aromatic heterocycles. The smallest absolute Gasteiger partial charge is 0.269 e. The van der Waals surface area contributed by atoms with Crippen LogP contribution in [-0.4, -0.2) is 34.9 Å². The maximum absolute atomic E-state index is 11.5. The Morgan fingerprint density at radius 1 is 1.33 bits per heavy atom. The first-order chi connectivity index (χ1) is 9.97. The highest BCUT2D eigenvalue weighted by molar-refractivity contribution is 5.79. The maximum atomic E-state index is 11.5. The second kappa shape index (κ2) is 6.40. The van der Waals surface area contributed by atoms with Crippen LogP contribution in [-0.2, 0) is 9.53 Å². The molecule has 8 heteroatoms. The lowest BCUT2D eigenvalue weighted by Gasteiger charge is -2.27. The SMILES string of the molecule is O=C1CCO[C@@H]([C@@H](C[N+](=O)[O-])c2cccc([N+](=O)[O-])c2)C1. The first-order valence-electron chi connectivity index (χ1n) is 6.47. The first-order valence-corrected chi connectivity index (χ1v) is 6.47. The molecule has 0 aliphatic carbocycles. The van der Waals surface area contributed by atoms with Crippen molar-refractivity contribution in [1.82, 2.24) is 0 Å². The van der Waals surface area contributed by atoms with Crippen molar-refractivity contribution in [3.8, 4) is 0 Å². The van der Waals surface area contributed by atoms with E-state index in [0.29, 0.717) is 12.0 Å². The van der Waals surface area contributed by atoms with Crippen LogP contribution in [0.4, 0.5) is 5.69 Å². The van der Waals surface area contributed by atoms with Crippen LogP contribution in [0.15, 0.2) is 24.3 Å². The maximum Gasteiger partial charge on any atom is 0.269 e. The molecule has 0 unspecified atom stereocenters. The van der Waals surface area contributed by atoms with Crippen molar-refractivity contribution in [2.75, 3.05) is 13.2 Å². The monoisotopic (exact) mass is 294 g/mol. The number of rotatable bonds is 5. The number of carbonyl (C=O) groups is 1. The third-order valence-corrected chi connectivity index (χ3v) is 3.45. The van der Waals surface area contributed by atoms with E-state index in [2.05, 4.69) is 0 Å². The Kier molecular flexibility index (Phi) is 4.59. The van der Waals surface area contributed by atoms with Gasteiger partial charge in [-0.1, -0.05) is 12.1 Å². The second-order valence-corrected chi connectivity index (χ2v) is 4.88. The second-order valence-electron chi connectivity index (χ2n) is 4.88. The van der Waals surface area contributed by atoms with Crippen molar-refractivity contribution in [1.29, 1.82) is 0 Å². The van der Waals surface area contributed by atoms with Gasteiger partial charge in [0, 0.05) is 29.9 Å². The zero-order valence-corrected chi connectivity index (χ0v) is 11.1. The van der Waals surface area contributed by atoms with E-state index in [1.54, 1.807) is 6.07 Å². The summed E-state index contributed by atoms with van der Waals surface area (Å²) in [5, 5.41) is 21.7. The summed E-state index contributed by atoms with van der Waals surface area (Å²) in [4.78, 5) is 32.1. The van der Waals surface area contributed by atoms with Crippen molar-refractivity contribution in [2.45, 2.75) is 24.9 Å². The summed E-state index contributed by atoms with van der Waals surface area (Å²) in [5.41, 5.74) is 0.309. The molecule has 112 valence electrons. The van der Waals surface area contributed by atoms with Gasteiger partial charge in [-0.05, 0) is 5.56 Å². The molecule has 2 atom stereocenters. The van der Waals surface area contributed by atoms with Gasteiger partial charge in [-0.15, -0.1) is 0 Å². The van der Waals surface area contributed by atoms with E-state index < -0.39 is 28.4 Å². The Morgan fingerprint density at radius 2 is 2.10 bits per heavy atom. The molecule has 1 aromatic carbocycles. The summed E-state index contributed by atoms with van der Waals surface area (Å²) in [6.07, 6.45) is -0.212. The number of ether oxygens (including phenoxy) is 1. The van der Waals surface area contributed by atoms with Crippen LogP contribution in [0.3, 0.4) is 0 Å². The van der Waals surface area contributed by atoms with E-state index in [4.69, 9.17) is 4.74 Å². The Bertz CT molecular complexity index is 574. The molecular formula is C13H14N2O6. The molecule has 8 nitrogen and oxygen atoms in total. The van der Waals surface area contributed by atoms with Gasteiger partial charge in [0.1, 0.15) is 5.78 Å². The van der Waals surface area contributed by atoms with Gasteiger partial charge in [0.05, 0.1) is 23.6 Å². The number of carbonyl (C=O) groups excluding carboxylic acids is 1. The van der Waals surface area contributed by atoms with Crippen LogP contribution in [0.2, 0.25) is 0 Å². The Labute approximate surface area is 120 Å². The van der Waals surface area contributed by atoms with E-state index >= 15 is 0 Å². The molecule has 1 aromatic rings. The van der Waals surface area contributed by atoms with E-state index in [9.17, 15) is 25.0 Å². The fourth-order valence-electron chi connectivity index (χ4n) is 2.44. The average Bonchev–Trinajstić information content (AvgIpc) is 2.44. The normalized spacial score (nSPS) is 20.0. The van der Waals surface area contributed by atoms with Gasteiger partial charge in [-0.3, -0.25) is 25.0 Å². The summed E-state index contributed by atoms with van der Waals surface area (Å²) < 4.78 is 5.47. The molecule has 1 heterocycles. The summed E-state index contributed by atoms with van der Waals surface area (Å²) in [6.45, 7) is -0.203. The number of nitrogens with zero attached hydrogens (tertiary/aromatic N) is 2. The van der Waals surface area contributed by atoms with Crippen molar-refractivity contribution < 1.29 is 19.4 Å². The molecule has 0 saturated carbocycles. The predicted molar refractivity (Wildman–Crippen MR) is 71.7 cm³/mol. The standard InChI is InChI=1S/C13H14N2O6/c16-11-4-5-21-13(7-11)12(8-14(17)18)9-2-1-3-10(6-9)15(19)20/h1-3,6,12-13H,4-5,7-8H2/t12-,13+/m0/s1. The van der Waals surface area contributed by atoms with Crippen LogP contribution >= 0.6 is 0 Å². The largest absolute Gasteiger partial charge is 0.376 e. The molecule has 1 aliphatic heterocycles. The Morgan fingerprint density at radius 3 is 2.71 bits per heavy atom. The third-order valence-electron chi connectivity index (χ3n) is 3.45. The van der Waals surface area contributed by atoms with E-state index in [1.165, 1.54) is 18.2 Å². The first kappa shape index (κ1) is 15.0. The molecule has 21 heavy (non-hydrogen) atoms. The van der Waals surface area contributed by atoms with Gasteiger partial charge in [-0.2, -0.15) is 0 Å². The van der Waals surface area contributed by atoms with E-state index in [-0.39, 0.29) is 24.5 Å². The van der Waals surface area contributed by atoms with Gasteiger partial charge in [0.2, 0.25) is 6.54 Å². The number of hydrogen-bond donors (Lipinski definition) is 0. The van der Waals surface area contributed by atoms with Crippen molar-refractivity contribution in [2.24, 2.45) is 0 Å². The van der Waals surface area contributed by atoms with Crippen molar-refractivity contribution >= 4 is 11.5 Å². The minimum Gasteiger partial charge on any atom is -0.376 e. The molecule has 0 amide bonds. The number of nitro benzene ring substituents is 1. The summed E-state index contributed by atoms with van der Waals surface area (Å²) in [5.74, 6) is -0.686. The lowest BCUT2D eigenvalue weighted by molar-refractivity contribution is -0.485. The van der Waals surface area contributed by atoms with Gasteiger partial charge in [0.15, 0.2) is 0 Å². The zero-order valence-electron chi connectivity index (χ0n) is 11.1. The minimum atomic E-state index is -0.677. The summed E-state index contributed by atoms with van der Waals surface area (Å²) in [6, 6.07) is 5.69. The molecule has 1 saturated heterocycles. The van der Waals surface area contributed by atoms with Crippen molar-refractivity contribution in [3.05, 3.63) is 50.1 Å². The van der Waals surface area contributed by atoms with Crippen LogP contribution in [0.1, 0.15) is 24.3 Å². The number of hydrogen-bond acceptors (Lipinski definition) is 6. The van der Waals surface area contributed by atoms with Crippen molar-refractivity contribution in [3.63, 3.8) is 0 Å². The average molecular weight is 294 g/mol. The lowest BCUT2D eigenvalue weighted by Crippen LogP contribution is -2.34. The highest BCUT2D eigenvalue weighted by atomic mass is 16.6. The Hall–Kier alpha value is -2.35. The summed E-state index contributed by atoms with van der Waals surface area (Å²) in [7, 11) is 0. The van der Waals surface area contributed by atoms with Gasteiger partial charge in [-0.25, -0.2) is 0 Å². The number of Topliss-reactive ketones (excluding diaryl/α,β-unsaturated/α-hetero) is 1. The molecule has 0 bridgehead atoms. The summed E-state index contributed by atoms with van der Waals surface area (Å²) >= 11 is 0. The third kappa shape index (κ3) is 3.82. The molecule has 0 radical (unpaired) electrons. The van der Waals surface area contributed by atoms with Crippen LogP contribution in [0.25, 0.3) is 0 Å². The van der Waals surface area contributed by atoms with Gasteiger partial charge >= 0.3 is 0 Å². The van der Waals surface area contributed by atoms with Crippen LogP contribution in [0, 0.1) is 20.2 Å². The predicted octanol–water partition coefficient (Wildman–Crippen LogP) is 1.70. The zero-order chi connectivity index (χ0) is 15.4. The van der Waals surface area contributed by atoms with Crippen LogP contribution < -0.4 is 0 Å². The Balaban J connectivity index is 2.30. The lowest BCUT2D eigenvalue weighted by atomic mass is 9.88. The van der Waals surface area contributed by atoms with Crippen LogP contribution in [0.5, 0.6) is 0 Å². The molecular weight excluding hydrogens is 280 g/mol. The fourth-order valence-corrected chi connectivity index (χ4v) is 2.44. The van der Waals surface area contributed by atoms with E-state index in [1.807, 2.05) is 0 Å². The topological polar surface area (TPSA) is 113 Å². The number of ketones is 1. The number of non-ortho nitro benzene ring substituents is 1. The molecule has 0 N–H and O–H groups in total. The molecule has 1 fully saturated rings. The van der Waals surface area contributed by atoms with Gasteiger partial charge in [0.25, 0.3) is 5.69 Å². The molecule has 0 spiro atoms. The number of nitro groups is 2. The highest BCUT2D eigenvalue weighted by Crippen LogP contribution is 2.29. The minimum absolute atomic E-state index is 0.00923. The highest BCUT2D eigenvalue weighted by Gasteiger charge is 2.33.